The largest absolute Gasteiger partial charge is 0.461 e. The first kappa shape index (κ1) is 51.5. The summed E-state index contributed by atoms with van der Waals surface area (Å²) in [5.74, 6) is -8.62. The molecule has 21 atom stereocenters. The highest BCUT2D eigenvalue weighted by molar-refractivity contribution is 5.89. The number of ketones is 1. The zero-order valence-electron chi connectivity index (χ0n) is 37.3. The lowest BCUT2D eigenvalue weighted by molar-refractivity contribution is -0.305. The third-order valence-electron chi connectivity index (χ3n) is 12.8. The summed E-state index contributed by atoms with van der Waals surface area (Å²) in [7, 11) is 2.85. The Morgan fingerprint density at radius 3 is 1.93 bits per heavy atom. The summed E-state index contributed by atoms with van der Waals surface area (Å²) in [5, 5.41) is 66.5. The molecule has 0 saturated carbocycles. The summed E-state index contributed by atoms with van der Waals surface area (Å²) in [6.45, 7) is 18.8. The van der Waals surface area contributed by atoms with Crippen molar-refractivity contribution < 1.29 is 82.9 Å². The van der Waals surface area contributed by atoms with Crippen LogP contribution in [0.3, 0.4) is 0 Å². The van der Waals surface area contributed by atoms with Crippen molar-refractivity contribution in [1.82, 2.24) is 0 Å². The van der Waals surface area contributed by atoms with Crippen molar-refractivity contribution in [1.29, 1.82) is 0 Å². The van der Waals surface area contributed by atoms with E-state index < -0.39 is 150 Å². The predicted octanol–water partition coefficient (Wildman–Crippen LogP) is 1.51. The van der Waals surface area contributed by atoms with Crippen molar-refractivity contribution in [3.8, 4) is 0 Å². The fourth-order valence-electron chi connectivity index (χ4n) is 8.90. The second-order valence-electron chi connectivity index (χ2n) is 18.4. The average molecular weight is 851 g/mol. The van der Waals surface area contributed by atoms with Crippen LogP contribution < -0.4 is 0 Å². The van der Waals surface area contributed by atoms with Gasteiger partial charge in [-0.25, -0.2) is 4.79 Å². The van der Waals surface area contributed by atoms with E-state index in [2.05, 4.69) is 0 Å². The second-order valence-corrected chi connectivity index (χ2v) is 18.4. The summed E-state index contributed by atoms with van der Waals surface area (Å²) in [6.07, 6.45) is -14.4. The molecule has 3 aliphatic rings. The zero-order valence-corrected chi connectivity index (χ0v) is 37.3. The maximum Gasteiger partial charge on any atom is 0.335 e. The van der Waals surface area contributed by atoms with Crippen molar-refractivity contribution in [3.05, 3.63) is 0 Å². The number of esters is 2. The molecule has 3 fully saturated rings. The summed E-state index contributed by atoms with van der Waals surface area (Å²) in [5.41, 5.74) is -3.65. The van der Waals surface area contributed by atoms with Crippen molar-refractivity contribution in [3.63, 3.8) is 0 Å². The van der Waals surface area contributed by atoms with E-state index >= 15 is 0 Å². The number of Topliss-reactive ketones (excluding diaryl/α,β-unsaturated/α-hetero) is 1. The molecule has 59 heavy (non-hydrogen) atoms. The van der Waals surface area contributed by atoms with Crippen LogP contribution in [0.2, 0.25) is 0 Å². The topological polar surface area (TPSA) is 246 Å². The lowest BCUT2D eigenvalue weighted by Crippen LogP contribution is -2.59. The Balaban J connectivity index is 2.14. The molecule has 3 saturated heterocycles. The van der Waals surface area contributed by atoms with E-state index in [0.717, 1.165) is 0 Å². The fourth-order valence-corrected chi connectivity index (χ4v) is 8.90. The number of methoxy groups -OCH3 is 2. The number of cyclic esters (lactones) is 1. The van der Waals surface area contributed by atoms with Crippen LogP contribution in [-0.4, -0.2) is 160 Å². The molecule has 0 bridgehead atoms. The van der Waals surface area contributed by atoms with Gasteiger partial charge in [-0.05, 0) is 52.9 Å². The average Bonchev–Trinajstić information content (AvgIpc) is 3.17. The number of aliphatic hydroxyl groups excluding tert-OH is 4. The molecule has 17 nitrogen and oxygen atoms in total. The molecule has 0 aromatic carbocycles. The summed E-state index contributed by atoms with van der Waals surface area (Å²) < 4.78 is 47.9. The van der Waals surface area contributed by atoms with E-state index in [-0.39, 0.29) is 19.4 Å². The van der Waals surface area contributed by atoms with Crippen LogP contribution in [0.25, 0.3) is 0 Å². The Labute approximate surface area is 349 Å². The molecule has 0 aliphatic carbocycles. The molecule has 6 N–H and O–H groups in total. The normalized spacial score (nSPS) is 45.6. The summed E-state index contributed by atoms with van der Waals surface area (Å²) >= 11 is 0. The highest BCUT2D eigenvalue weighted by Gasteiger charge is 2.51. The van der Waals surface area contributed by atoms with E-state index in [9.17, 15) is 45.0 Å². The molecule has 0 radical (unpaired) electrons. The quantitative estimate of drug-likeness (QED) is 0.161. The van der Waals surface area contributed by atoms with Gasteiger partial charge in [0.25, 0.3) is 0 Å². The van der Waals surface area contributed by atoms with Gasteiger partial charge in [0.05, 0.1) is 48.5 Å². The van der Waals surface area contributed by atoms with Gasteiger partial charge in [-0.3, -0.25) is 9.59 Å². The van der Waals surface area contributed by atoms with Crippen LogP contribution >= 0.6 is 0 Å². The number of aliphatic hydroxyl groups is 6. The molecule has 0 spiro atoms. The van der Waals surface area contributed by atoms with E-state index in [4.69, 9.17) is 37.9 Å². The first-order chi connectivity index (χ1) is 27.2. The van der Waals surface area contributed by atoms with Gasteiger partial charge in [-0.1, -0.05) is 48.5 Å². The van der Waals surface area contributed by atoms with Gasteiger partial charge in [-0.2, -0.15) is 0 Å². The molecule has 0 aromatic rings. The van der Waals surface area contributed by atoms with E-state index in [1.54, 1.807) is 62.3 Å². The van der Waals surface area contributed by atoms with Gasteiger partial charge < -0.3 is 68.5 Å². The number of ether oxygens (including phenoxy) is 8. The molecule has 21 unspecified atom stereocenters. The van der Waals surface area contributed by atoms with Gasteiger partial charge in [0, 0.05) is 38.4 Å². The van der Waals surface area contributed by atoms with Gasteiger partial charge in [0.15, 0.2) is 24.5 Å². The number of hydrogen-bond donors (Lipinski definition) is 6. The number of carbonyl (C=O) groups excluding carboxylic acids is 3. The van der Waals surface area contributed by atoms with Crippen LogP contribution in [-0.2, 0) is 52.3 Å². The van der Waals surface area contributed by atoms with Crippen molar-refractivity contribution in [2.24, 2.45) is 41.4 Å². The minimum atomic E-state index is -2.04. The molecule has 0 aromatic heterocycles. The smallest absolute Gasteiger partial charge is 0.335 e. The number of rotatable bonds is 11. The maximum atomic E-state index is 14.5. The second kappa shape index (κ2) is 21.0. The van der Waals surface area contributed by atoms with Crippen LogP contribution in [0.5, 0.6) is 0 Å². The Morgan fingerprint density at radius 2 is 1.39 bits per heavy atom. The molecule has 3 rings (SSSR count). The predicted molar refractivity (Wildman–Crippen MR) is 210 cm³/mol. The third-order valence-corrected chi connectivity index (χ3v) is 12.8. The standard InChI is InChI=1S/C42H74O17/c1-18(2)28(43)39(49)59-33-22(6)31(20(4)17-54-40-35(53-14)34(52-13)30(45)25(9)56-40)58-38(48)24(8)32(57-27-16-42(12,51)37(47)26(10)55-27)21(5)29(44)19(3)15-41(11,50)36(46)23(33)7/h18-35,37,40,43-45,47,50-51H,15-17H2,1-14H3. The molecule has 344 valence electrons. The first-order valence-corrected chi connectivity index (χ1v) is 21.0. The third kappa shape index (κ3) is 12.0. The summed E-state index contributed by atoms with van der Waals surface area (Å²) in [6, 6.07) is 0. The molecule has 3 heterocycles. The van der Waals surface area contributed by atoms with Gasteiger partial charge in [0.1, 0.15) is 42.2 Å². The Hall–Kier alpha value is -1.87. The van der Waals surface area contributed by atoms with Crippen LogP contribution in [0.4, 0.5) is 0 Å². The van der Waals surface area contributed by atoms with E-state index in [1.807, 2.05) is 0 Å². The Morgan fingerprint density at radius 1 is 0.797 bits per heavy atom. The molecular weight excluding hydrogens is 776 g/mol. The van der Waals surface area contributed by atoms with E-state index in [1.165, 1.54) is 35.0 Å². The Bertz CT molecular complexity index is 1370. The fraction of sp³-hybridized carbons (Fsp3) is 0.929. The van der Waals surface area contributed by atoms with Crippen LogP contribution in [0.15, 0.2) is 0 Å². The minimum absolute atomic E-state index is 0.145. The van der Waals surface area contributed by atoms with Gasteiger partial charge >= 0.3 is 11.9 Å². The monoisotopic (exact) mass is 850 g/mol. The van der Waals surface area contributed by atoms with Crippen LogP contribution in [0, 0.1) is 41.4 Å². The maximum absolute atomic E-state index is 14.5. The highest BCUT2D eigenvalue weighted by Crippen LogP contribution is 2.38. The summed E-state index contributed by atoms with van der Waals surface area (Å²) in [4.78, 5) is 42.2. The molecular formula is C42H74O17. The van der Waals surface area contributed by atoms with Crippen LogP contribution in [0.1, 0.15) is 95.9 Å². The molecule has 0 amide bonds. The zero-order chi connectivity index (χ0) is 45.1. The van der Waals surface area contributed by atoms with Gasteiger partial charge in [-0.15, -0.1) is 0 Å². The lowest BCUT2D eigenvalue weighted by atomic mass is 9.74. The Kier molecular flexibility index (Phi) is 18.3. The minimum Gasteiger partial charge on any atom is -0.461 e. The van der Waals surface area contributed by atoms with Crippen molar-refractivity contribution in [2.45, 2.75) is 187 Å². The molecule has 3 aliphatic heterocycles. The molecule has 17 heteroatoms. The number of hydrogen-bond acceptors (Lipinski definition) is 17. The highest BCUT2D eigenvalue weighted by atomic mass is 16.7. The SMILES string of the molecule is COC1C(OCC(C)C2OC(=O)C(C)C(OC3CC(C)(O)C(O)C(C)O3)C(C)C(O)C(C)CC(C)(O)C(=O)C(C)C(OC(=O)C(O)C(C)C)C2C)OC(C)C(O)C1OC. The van der Waals surface area contributed by atoms with Crippen molar-refractivity contribution in [2.75, 3.05) is 20.8 Å². The van der Waals surface area contributed by atoms with Crippen molar-refractivity contribution >= 4 is 17.7 Å². The first-order valence-electron chi connectivity index (χ1n) is 21.0. The van der Waals surface area contributed by atoms with E-state index in [0.29, 0.717) is 0 Å². The number of carbonyl (C=O) groups is 3. The van der Waals surface area contributed by atoms with Gasteiger partial charge in [0.2, 0.25) is 0 Å². The lowest BCUT2D eigenvalue weighted by Gasteiger charge is -2.45.